The summed E-state index contributed by atoms with van der Waals surface area (Å²) in [5, 5.41) is 0. The van der Waals surface area contributed by atoms with E-state index in [4.69, 9.17) is 26.6 Å². The third-order valence-corrected chi connectivity index (χ3v) is 19.0. The van der Waals surface area contributed by atoms with Crippen molar-refractivity contribution in [3.05, 3.63) is 0 Å². The molecule has 0 bridgehead atoms. The fraction of sp³-hybridized carbons (Fsp3) is 1.00. The van der Waals surface area contributed by atoms with Crippen LogP contribution in [0.4, 0.5) is 0 Å². The lowest BCUT2D eigenvalue weighted by atomic mass is 10.5. The van der Waals surface area contributed by atoms with E-state index in [2.05, 4.69) is 0 Å². The van der Waals surface area contributed by atoms with E-state index in [1.54, 1.807) is 0 Å². The van der Waals surface area contributed by atoms with Gasteiger partial charge in [0.05, 0.1) is 9.16 Å². The zero-order valence-corrected chi connectivity index (χ0v) is 22.1. The Morgan fingerprint density at radius 3 is 0.964 bits per heavy atom. The largest absolute Gasteiger partial charge is 0.500 e. The highest BCUT2D eigenvalue weighted by atomic mass is 33.0. The molecular formula is C18H40O6S2Si2. The van der Waals surface area contributed by atoms with Gasteiger partial charge in [0, 0.05) is 51.7 Å². The second-order valence-electron chi connectivity index (χ2n) is 6.56. The van der Waals surface area contributed by atoms with Crippen LogP contribution in [-0.2, 0) is 45.5 Å². The van der Waals surface area contributed by atoms with Gasteiger partial charge in [0.25, 0.3) is 0 Å². The predicted octanol–water partition coefficient (Wildman–Crippen LogP) is 3.69. The summed E-state index contributed by atoms with van der Waals surface area (Å²) in [6.07, 6.45) is 2.39. The van der Waals surface area contributed by atoms with Crippen LogP contribution in [0.1, 0.15) is 54.4 Å². The van der Waals surface area contributed by atoms with Crippen LogP contribution in [0.25, 0.3) is 0 Å². The molecule has 0 saturated carbocycles. The first-order valence-electron chi connectivity index (χ1n) is 10.8. The summed E-state index contributed by atoms with van der Waals surface area (Å²) in [5.74, 6) is 0. The first-order chi connectivity index (χ1) is 13.6. The zero-order chi connectivity index (χ0) is 20.6. The second-order valence-corrected chi connectivity index (χ2v) is 18.5. The Bertz CT molecular complexity index is 432. The molecule has 0 aromatic heterocycles. The molecule has 0 aliphatic carbocycles. The van der Waals surface area contributed by atoms with Crippen molar-refractivity contribution < 1.29 is 26.6 Å². The maximum atomic E-state index is 5.99. The first kappa shape index (κ1) is 25.2. The molecule has 2 aliphatic heterocycles. The molecule has 0 amide bonds. The average Bonchev–Trinajstić information content (AvgIpc) is 3.54. The summed E-state index contributed by atoms with van der Waals surface area (Å²) in [7, 11) is -3.70. The molecule has 2 aliphatic rings. The number of hydrogen-bond donors (Lipinski definition) is 0. The van der Waals surface area contributed by atoms with Crippen LogP contribution >= 0.6 is 0 Å². The summed E-state index contributed by atoms with van der Waals surface area (Å²) < 4.78 is 37.7. The highest BCUT2D eigenvalue weighted by Crippen LogP contribution is 2.54. The van der Waals surface area contributed by atoms with Crippen molar-refractivity contribution in [2.45, 2.75) is 75.6 Å². The summed E-state index contributed by atoms with van der Waals surface area (Å²) in [5.41, 5.74) is 0. The molecule has 0 radical (unpaired) electrons. The average molecular weight is 473 g/mol. The van der Waals surface area contributed by atoms with Gasteiger partial charge in [-0.05, 0) is 54.4 Å². The van der Waals surface area contributed by atoms with Crippen molar-refractivity contribution in [2.75, 3.05) is 39.6 Å². The lowest BCUT2D eigenvalue weighted by Gasteiger charge is -2.30. The van der Waals surface area contributed by atoms with E-state index in [-0.39, 0.29) is 0 Å². The quantitative estimate of drug-likeness (QED) is 0.284. The van der Waals surface area contributed by atoms with E-state index in [1.807, 2.05) is 41.5 Å². The Morgan fingerprint density at radius 2 is 0.750 bits per heavy atom. The maximum Gasteiger partial charge on any atom is 0.500 e. The van der Waals surface area contributed by atoms with Crippen LogP contribution in [0.3, 0.4) is 0 Å². The van der Waals surface area contributed by atoms with E-state index in [0.717, 1.165) is 21.3 Å². The Labute approximate surface area is 178 Å². The third kappa shape index (κ3) is 6.45. The normalized spacial score (nSPS) is 26.4. The van der Waals surface area contributed by atoms with Gasteiger partial charge in [-0.3, -0.25) is 0 Å². The molecule has 0 atom stereocenters. The van der Waals surface area contributed by atoms with E-state index < -0.39 is 17.6 Å². The Balaban J connectivity index is 1.76. The van der Waals surface area contributed by atoms with Crippen molar-refractivity contribution in [3.63, 3.8) is 0 Å². The van der Waals surface area contributed by atoms with Gasteiger partial charge in [-0.15, -0.1) is 18.9 Å². The minimum atomic E-state index is -2.47. The van der Waals surface area contributed by atoms with Gasteiger partial charge in [-0.2, -0.15) is 0 Å². The van der Waals surface area contributed by atoms with E-state index >= 15 is 0 Å². The first-order valence-corrected chi connectivity index (χ1v) is 17.9. The molecule has 0 aromatic rings. The van der Waals surface area contributed by atoms with Crippen molar-refractivity contribution in [3.8, 4) is 0 Å². The molecule has 0 unspecified atom stereocenters. The van der Waals surface area contributed by atoms with Gasteiger partial charge in [-0.25, -0.2) is 0 Å². The summed E-state index contributed by atoms with van der Waals surface area (Å²) in [4.78, 5) is 0. The zero-order valence-electron chi connectivity index (χ0n) is 18.5. The molecule has 0 fully saturated rings. The van der Waals surface area contributed by atoms with E-state index in [1.165, 1.54) is 12.8 Å². The van der Waals surface area contributed by atoms with Crippen LogP contribution in [0.15, 0.2) is 0 Å². The fourth-order valence-corrected chi connectivity index (χ4v) is 18.6. The predicted molar refractivity (Wildman–Crippen MR) is 122 cm³/mol. The van der Waals surface area contributed by atoms with Crippen molar-refractivity contribution in [2.24, 2.45) is 0 Å². The molecule has 2 rings (SSSR count). The van der Waals surface area contributed by atoms with Crippen LogP contribution in [0, 0.1) is 0 Å². The van der Waals surface area contributed by atoms with Gasteiger partial charge in [0.15, 0.2) is 0 Å². The monoisotopic (exact) mass is 472 g/mol. The summed E-state index contributed by atoms with van der Waals surface area (Å²) in [6.45, 7) is 16.1. The minimum absolute atomic E-state index is 0.626. The Kier molecular flexibility index (Phi) is 10.8. The Morgan fingerprint density at radius 1 is 0.500 bits per heavy atom. The highest BCUT2D eigenvalue weighted by molar-refractivity contribution is 8.76. The molecule has 0 spiro atoms. The summed E-state index contributed by atoms with van der Waals surface area (Å²) in [6, 6.07) is 1.92. The van der Waals surface area contributed by atoms with Gasteiger partial charge in [0.2, 0.25) is 0 Å². The molecule has 0 saturated heterocycles. The SMILES string of the molecule is CCO[Si](CCC1S2=S1C2CC[Si](OCC)(OCC)OCC)(OCC)OCC. The molecular weight excluding hydrogens is 432 g/mol. The van der Waals surface area contributed by atoms with Gasteiger partial charge < -0.3 is 26.6 Å². The van der Waals surface area contributed by atoms with Crippen molar-refractivity contribution in [1.29, 1.82) is 0 Å². The molecule has 6 nitrogen and oxygen atoms in total. The van der Waals surface area contributed by atoms with Crippen LogP contribution < -0.4 is 0 Å². The minimum Gasteiger partial charge on any atom is -0.374 e. The van der Waals surface area contributed by atoms with E-state index in [9.17, 15) is 0 Å². The van der Waals surface area contributed by atoms with Gasteiger partial charge >= 0.3 is 17.6 Å². The lowest BCUT2D eigenvalue weighted by molar-refractivity contribution is 0.0705. The molecule has 10 heteroatoms. The molecule has 0 aromatic carbocycles. The van der Waals surface area contributed by atoms with Gasteiger partial charge in [-0.1, -0.05) is 0 Å². The maximum absolute atomic E-state index is 5.99. The smallest absolute Gasteiger partial charge is 0.374 e. The number of rotatable bonds is 18. The molecule has 168 valence electrons. The summed E-state index contributed by atoms with van der Waals surface area (Å²) >= 11 is 0. The van der Waals surface area contributed by atoms with Crippen LogP contribution in [0.5, 0.6) is 0 Å². The van der Waals surface area contributed by atoms with E-state index in [0.29, 0.717) is 58.5 Å². The number of hydrogen-bond acceptors (Lipinski definition) is 6. The topological polar surface area (TPSA) is 55.4 Å². The van der Waals surface area contributed by atoms with Gasteiger partial charge in [0.1, 0.15) is 0 Å². The molecule has 2 heterocycles. The van der Waals surface area contributed by atoms with Crippen LogP contribution in [-0.4, -0.2) is 66.4 Å². The molecule has 0 N–H and O–H groups in total. The second kappa shape index (κ2) is 12.1. The fourth-order valence-electron chi connectivity index (χ4n) is 3.73. The lowest BCUT2D eigenvalue weighted by Crippen LogP contribution is -2.47. The van der Waals surface area contributed by atoms with Crippen molar-refractivity contribution >= 4 is 36.5 Å². The third-order valence-electron chi connectivity index (χ3n) is 4.74. The van der Waals surface area contributed by atoms with Crippen molar-refractivity contribution in [1.82, 2.24) is 0 Å². The molecule has 28 heavy (non-hydrogen) atoms. The standard InChI is InChI=1S/C18H40O6S2Si2/c1-7-19-27(20-8-2,21-9-3)15-13-17-25-18(26(17)25)14-16-28(22-10-4,23-11-5)24-12-6/h17-18H,7-16H2,1-6H3. The Hall–Kier alpha value is 0.894. The highest BCUT2D eigenvalue weighted by Gasteiger charge is 2.59. The van der Waals surface area contributed by atoms with Crippen LogP contribution in [0.2, 0.25) is 12.1 Å².